The highest BCUT2D eigenvalue weighted by Crippen LogP contribution is 2.24. The molecule has 19 heavy (non-hydrogen) atoms. The molecule has 1 N–H and O–H groups in total. The Hall–Kier alpha value is -1.78. The van der Waals surface area contributed by atoms with E-state index in [4.69, 9.17) is 16.0 Å². The zero-order valence-electron chi connectivity index (χ0n) is 9.97. The first-order chi connectivity index (χ1) is 9.31. The van der Waals surface area contributed by atoms with Crippen molar-refractivity contribution in [2.75, 3.05) is 5.32 Å². The van der Waals surface area contributed by atoms with Crippen molar-refractivity contribution in [3.05, 3.63) is 58.2 Å². The maximum Gasteiger partial charge on any atom is 0.181 e. The van der Waals surface area contributed by atoms with E-state index in [9.17, 15) is 0 Å². The van der Waals surface area contributed by atoms with Gasteiger partial charge in [0.2, 0.25) is 0 Å². The topological polar surface area (TPSA) is 38.1 Å². The van der Waals surface area contributed by atoms with Crippen molar-refractivity contribution in [2.24, 2.45) is 0 Å². The first-order valence-electron chi connectivity index (χ1n) is 5.77. The molecule has 0 radical (unpaired) electrons. The third-order valence-electron chi connectivity index (χ3n) is 2.67. The van der Waals surface area contributed by atoms with E-state index >= 15 is 0 Å². The van der Waals surface area contributed by atoms with Crippen LogP contribution < -0.4 is 5.32 Å². The van der Waals surface area contributed by atoms with Crippen LogP contribution in [0.15, 0.2) is 52.7 Å². The highest BCUT2D eigenvalue weighted by Gasteiger charge is 2.03. The van der Waals surface area contributed by atoms with Crippen molar-refractivity contribution in [3.63, 3.8) is 0 Å². The second-order valence-electron chi connectivity index (χ2n) is 4.03. The Balaban J connectivity index is 1.73. The molecular formula is C14H11ClN2OS. The molecule has 0 aliphatic rings. The van der Waals surface area contributed by atoms with Crippen LogP contribution in [0.1, 0.15) is 4.88 Å². The van der Waals surface area contributed by atoms with Crippen molar-refractivity contribution >= 4 is 28.6 Å². The fourth-order valence-electron chi connectivity index (χ4n) is 1.78. The monoisotopic (exact) mass is 290 g/mol. The third-order valence-corrected chi connectivity index (χ3v) is 3.95. The molecule has 5 heteroatoms. The molecule has 0 fully saturated rings. The number of nitrogens with one attached hydrogen (secondary N) is 1. The minimum atomic E-state index is 0.761. The number of anilines is 1. The van der Waals surface area contributed by atoms with Gasteiger partial charge in [-0.25, -0.2) is 4.98 Å². The van der Waals surface area contributed by atoms with Crippen LogP contribution in [0, 0.1) is 0 Å². The van der Waals surface area contributed by atoms with Crippen LogP contribution in [0.4, 0.5) is 5.69 Å². The van der Waals surface area contributed by atoms with E-state index in [0.717, 1.165) is 28.6 Å². The molecule has 0 aliphatic carbocycles. The summed E-state index contributed by atoms with van der Waals surface area (Å²) < 4.78 is 5.29. The van der Waals surface area contributed by atoms with Crippen molar-refractivity contribution in [2.45, 2.75) is 6.54 Å². The predicted molar refractivity (Wildman–Crippen MR) is 78.6 cm³/mol. The molecule has 0 amide bonds. The summed E-state index contributed by atoms with van der Waals surface area (Å²) in [5.74, 6) is 0.766. The maximum atomic E-state index is 5.90. The van der Waals surface area contributed by atoms with E-state index in [1.807, 2.05) is 35.7 Å². The molecule has 1 aromatic carbocycles. The number of nitrogens with zero attached hydrogens (tertiary/aromatic N) is 1. The SMILES string of the molecule is Clc1csc(CNc2cccc(-c3cnco3)c2)c1. The molecule has 0 bridgehead atoms. The lowest BCUT2D eigenvalue weighted by Crippen LogP contribution is -1.97. The van der Waals surface area contributed by atoms with Crippen LogP contribution in [0.3, 0.4) is 0 Å². The number of rotatable bonds is 4. The van der Waals surface area contributed by atoms with Gasteiger partial charge in [-0.1, -0.05) is 23.7 Å². The zero-order chi connectivity index (χ0) is 13.1. The average molecular weight is 291 g/mol. The molecule has 0 saturated carbocycles. The van der Waals surface area contributed by atoms with Crippen LogP contribution >= 0.6 is 22.9 Å². The van der Waals surface area contributed by atoms with Crippen LogP contribution in [-0.2, 0) is 6.54 Å². The van der Waals surface area contributed by atoms with E-state index in [0.29, 0.717) is 0 Å². The van der Waals surface area contributed by atoms with Crippen molar-refractivity contribution in [3.8, 4) is 11.3 Å². The molecule has 3 rings (SSSR count). The van der Waals surface area contributed by atoms with Crippen molar-refractivity contribution in [1.82, 2.24) is 4.98 Å². The molecule has 0 spiro atoms. The summed E-state index contributed by atoms with van der Waals surface area (Å²) in [6.45, 7) is 0.761. The minimum absolute atomic E-state index is 0.761. The Morgan fingerprint density at radius 1 is 1.32 bits per heavy atom. The predicted octanol–water partition coefficient (Wildman–Crippen LogP) is 4.67. The quantitative estimate of drug-likeness (QED) is 0.759. The minimum Gasteiger partial charge on any atom is -0.444 e. The Morgan fingerprint density at radius 2 is 2.26 bits per heavy atom. The molecular weight excluding hydrogens is 280 g/mol. The molecule has 3 nitrogen and oxygen atoms in total. The summed E-state index contributed by atoms with van der Waals surface area (Å²) in [5, 5.41) is 6.09. The normalized spacial score (nSPS) is 10.6. The van der Waals surface area contributed by atoms with E-state index in [-0.39, 0.29) is 0 Å². The van der Waals surface area contributed by atoms with Gasteiger partial charge in [0, 0.05) is 28.1 Å². The lowest BCUT2D eigenvalue weighted by Gasteiger charge is -2.06. The fourth-order valence-corrected chi connectivity index (χ4v) is 2.79. The van der Waals surface area contributed by atoms with E-state index in [1.54, 1.807) is 17.5 Å². The maximum absolute atomic E-state index is 5.90. The standard InChI is InChI=1S/C14H11ClN2OS/c15-11-5-13(19-8-11)6-17-12-3-1-2-10(4-12)14-7-16-9-18-14/h1-5,7-9,17H,6H2. The summed E-state index contributed by atoms with van der Waals surface area (Å²) in [6, 6.07) is 10.0. The molecule has 2 heterocycles. The summed E-state index contributed by atoms with van der Waals surface area (Å²) in [6.07, 6.45) is 3.14. The second-order valence-corrected chi connectivity index (χ2v) is 5.46. The smallest absolute Gasteiger partial charge is 0.181 e. The number of halogens is 1. The summed E-state index contributed by atoms with van der Waals surface area (Å²) in [4.78, 5) is 5.13. The van der Waals surface area contributed by atoms with Gasteiger partial charge >= 0.3 is 0 Å². The summed E-state index contributed by atoms with van der Waals surface area (Å²) in [5.41, 5.74) is 2.05. The van der Waals surface area contributed by atoms with Crippen molar-refractivity contribution in [1.29, 1.82) is 0 Å². The van der Waals surface area contributed by atoms with Gasteiger partial charge in [-0.15, -0.1) is 11.3 Å². The number of aromatic nitrogens is 1. The lowest BCUT2D eigenvalue weighted by atomic mass is 10.1. The first-order valence-corrected chi connectivity index (χ1v) is 7.03. The Bertz CT molecular complexity index is 664. The summed E-state index contributed by atoms with van der Waals surface area (Å²) in [7, 11) is 0. The van der Waals surface area contributed by atoms with Crippen LogP contribution in [0.2, 0.25) is 5.02 Å². The lowest BCUT2D eigenvalue weighted by molar-refractivity contribution is 0.572. The Kier molecular flexibility index (Phi) is 3.53. The van der Waals surface area contributed by atoms with Gasteiger partial charge in [0.1, 0.15) is 0 Å². The Labute approximate surface area is 119 Å². The van der Waals surface area contributed by atoms with Gasteiger partial charge in [0.25, 0.3) is 0 Å². The zero-order valence-corrected chi connectivity index (χ0v) is 11.5. The number of hydrogen-bond donors (Lipinski definition) is 1. The van der Waals surface area contributed by atoms with E-state index < -0.39 is 0 Å². The number of benzene rings is 1. The van der Waals surface area contributed by atoms with E-state index in [2.05, 4.69) is 10.3 Å². The summed E-state index contributed by atoms with van der Waals surface area (Å²) >= 11 is 7.55. The second kappa shape index (κ2) is 5.47. The molecule has 3 aromatic rings. The van der Waals surface area contributed by atoms with Gasteiger partial charge in [0.15, 0.2) is 12.2 Å². The van der Waals surface area contributed by atoms with Gasteiger partial charge < -0.3 is 9.73 Å². The van der Waals surface area contributed by atoms with Gasteiger partial charge in [-0.2, -0.15) is 0 Å². The van der Waals surface area contributed by atoms with Crippen LogP contribution in [0.25, 0.3) is 11.3 Å². The van der Waals surface area contributed by atoms with Gasteiger partial charge in [-0.3, -0.25) is 0 Å². The van der Waals surface area contributed by atoms with Gasteiger partial charge in [0.05, 0.1) is 11.2 Å². The third kappa shape index (κ3) is 2.97. The van der Waals surface area contributed by atoms with Crippen LogP contribution in [-0.4, -0.2) is 4.98 Å². The molecule has 2 aromatic heterocycles. The largest absolute Gasteiger partial charge is 0.444 e. The number of hydrogen-bond acceptors (Lipinski definition) is 4. The van der Waals surface area contributed by atoms with Crippen molar-refractivity contribution < 1.29 is 4.42 Å². The molecule has 0 saturated heterocycles. The molecule has 0 unspecified atom stereocenters. The van der Waals surface area contributed by atoms with E-state index in [1.165, 1.54) is 11.3 Å². The highest BCUT2D eigenvalue weighted by atomic mass is 35.5. The van der Waals surface area contributed by atoms with Crippen LogP contribution in [0.5, 0.6) is 0 Å². The highest BCUT2D eigenvalue weighted by molar-refractivity contribution is 7.10. The molecule has 96 valence electrons. The molecule has 0 aliphatic heterocycles. The Morgan fingerprint density at radius 3 is 3.00 bits per heavy atom. The fraction of sp³-hybridized carbons (Fsp3) is 0.0714. The number of thiophene rings is 1. The molecule has 0 atom stereocenters. The van der Waals surface area contributed by atoms with Gasteiger partial charge in [-0.05, 0) is 18.2 Å². The number of oxazole rings is 1. The average Bonchev–Trinajstić information content (AvgIpc) is 3.08. The first kappa shape index (κ1) is 12.3.